The Balaban J connectivity index is 1.78. The van der Waals surface area contributed by atoms with Gasteiger partial charge in [0.1, 0.15) is 5.75 Å². The first-order valence-corrected chi connectivity index (χ1v) is 7.52. The van der Waals surface area contributed by atoms with Crippen LogP contribution in [0.5, 0.6) is 5.75 Å². The minimum absolute atomic E-state index is 0.0335. The monoisotopic (exact) mass is 323 g/mol. The van der Waals surface area contributed by atoms with E-state index in [1.54, 1.807) is 12.1 Å². The first-order valence-electron chi connectivity index (χ1n) is 7.52. The summed E-state index contributed by atoms with van der Waals surface area (Å²) in [6.45, 7) is 4.65. The van der Waals surface area contributed by atoms with Gasteiger partial charge in [0.2, 0.25) is 0 Å². The predicted molar refractivity (Wildman–Crippen MR) is 79.0 cm³/mol. The minimum atomic E-state index is -4.68. The summed E-state index contributed by atoms with van der Waals surface area (Å²) in [5, 5.41) is 4.46. The van der Waals surface area contributed by atoms with Crippen molar-refractivity contribution in [3.63, 3.8) is 0 Å². The van der Waals surface area contributed by atoms with Crippen molar-refractivity contribution < 1.29 is 17.9 Å². The number of halogens is 3. The maximum absolute atomic E-state index is 12.5. The molecule has 0 spiro atoms. The molecule has 6 heteroatoms. The molecule has 1 saturated carbocycles. The third-order valence-corrected chi connectivity index (χ3v) is 4.25. The lowest BCUT2D eigenvalue weighted by Crippen LogP contribution is -2.20. The normalized spacial score (nSPS) is 16.4. The molecule has 0 bridgehead atoms. The molecule has 0 N–H and O–H groups in total. The number of hydrogen-bond acceptors (Lipinski definition) is 2. The van der Waals surface area contributed by atoms with Crippen molar-refractivity contribution in [2.75, 3.05) is 0 Å². The van der Waals surface area contributed by atoms with Crippen LogP contribution in [0.3, 0.4) is 0 Å². The number of aryl methyl sites for hydroxylation is 2. The van der Waals surface area contributed by atoms with Crippen LogP contribution in [0.2, 0.25) is 0 Å². The smallest absolute Gasteiger partial charge is 0.405 e. The summed E-state index contributed by atoms with van der Waals surface area (Å²) in [5.74, 6) is -0.153. The van der Waals surface area contributed by atoms with Crippen LogP contribution in [0.1, 0.15) is 29.8 Å². The molecule has 0 unspecified atom stereocenters. The highest BCUT2D eigenvalue weighted by molar-refractivity contribution is 5.34. The molecule has 23 heavy (non-hydrogen) atoms. The lowest BCUT2D eigenvalue weighted by molar-refractivity contribution is -0.274. The SMILES string of the molecule is Cc1cc(C)n(CC2(Cc3cc[c]cc3OC(F)(F)F)CC2)n1. The lowest BCUT2D eigenvalue weighted by Gasteiger charge is -2.19. The van der Waals surface area contributed by atoms with E-state index in [0.717, 1.165) is 30.8 Å². The third-order valence-electron chi connectivity index (χ3n) is 4.25. The van der Waals surface area contributed by atoms with Crippen molar-refractivity contribution in [2.45, 2.75) is 46.0 Å². The van der Waals surface area contributed by atoms with Gasteiger partial charge in [0.25, 0.3) is 0 Å². The van der Waals surface area contributed by atoms with E-state index in [1.165, 1.54) is 6.07 Å². The molecule has 1 aromatic heterocycles. The average molecular weight is 323 g/mol. The average Bonchev–Trinajstić information content (AvgIpc) is 3.10. The van der Waals surface area contributed by atoms with Crippen molar-refractivity contribution in [1.82, 2.24) is 9.78 Å². The Morgan fingerprint density at radius 1 is 1.35 bits per heavy atom. The largest absolute Gasteiger partial charge is 0.573 e. The molecule has 1 aromatic carbocycles. The summed E-state index contributed by atoms with van der Waals surface area (Å²) in [6, 6.07) is 9.19. The highest BCUT2D eigenvalue weighted by Gasteiger charge is 2.44. The van der Waals surface area contributed by atoms with E-state index in [1.807, 2.05) is 24.6 Å². The molecule has 1 aliphatic carbocycles. The first kappa shape index (κ1) is 15.9. The van der Waals surface area contributed by atoms with Crippen molar-refractivity contribution in [1.29, 1.82) is 0 Å². The van der Waals surface area contributed by atoms with Gasteiger partial charge in [0.15, 0.2) is 0 Å². The zero-order valence-electron chi connectivity index (χ0n) is 13.1. The number of nitrogens with zero attached hydrogens (tertiary/aromatic N) is 2. The Labute approximate surface area is 133 Å². The summed E-state index contributed by atoms with van der Waals surface area (Å²) in [7, 11) is 0. The number of aromatic nitrogens is 2. The number of rotatable bonds is 5. The summed E-state index contributed by atoms with van der Waals surface area (Å²) >= 11 is 0. The zero-order valence-corrected chi connectivity index (χ0v) is 13.1. The molecule has 123 valence electrons. The molecule has 1 radical (unpaired) electrons. The van der Waals surface area contributed by atoms with E-state index >= 15 is 0 Å². The van der Waals surface area contributed by atoms with Gasteiger partial charge in [-0.1, -0.05) is 12.1 Å². The standard InChI is InChI=1S/C17H18F3N2O/c1-12-9-13(2)22(21-12)11-16(7-8-16)10-14-5-3-4-6-15(14)23-17(18,19)20/h3,5-6,9H,7-8,10-11H2,1-2H3. The van der Waals surface area contributed by atoms with Gasteiger partial charge in [0.05, 0.1) is 5.69 Å². The fourth-order valence-electron chi connectivity index (χ4n) is 2.94. The molecular formula is C17H18F3N2O. The maximum Gasteiger partial charge on any atom is 0.573 e. The lowest BCUT2D eigenvalue weighted by atomic mass is 9.95. The summed E-state index contributed by atoms with van der Waals surface area (Å²) in [5.41, 5.74) is 2.56. The van der Waals surface area contributed by atoms with Crippen LogP contribution in [0, 0.1) is 25.3 Å². The van der Waals surface area contributed by atoms with Crippen molar-refractivity contribution >= 4 is 0 Å². The second kappa shape index (κ2) is 5.58. The highest BCUT2D eigenvalue weighted by Crippen LogP contribution is 2.51. The van der Waals surface area contributed by atoms with Gasteiger partial charge in [-0.15, -0.1) is 13.2 Å². The van der Waals surface area contributed by atoms with Gasteiger partial charge in [-0.2, -0.15) is 5.10 Å². The van der Waals surface area contributed by atoms with Gasteiger partial charge < -0.3 is 4.74 Å². The second-order valence-electron chi connectivity index (χ2n) is 6.34. The number of alkyl halides is 3. The Kier molecular flexibility index (Phi) is 3.86. The molecule has 0 saturated heterocycles. The van der Waals surface area contributed by atoms with E-state index in [-0.39, 0.29) is 11.2 Å². The van der Waals surface area contributed by atoms with Crippen LogP contribution in [0.15, 0.2) is 24.3 Å². The quantitative estimate of drug-likeness (QED) is 0.824. The van der Waals surface area contributed by atoms with E-state index < -0.39 is 6.36 Å². The zero-order chi connectivity index (χ0) is 16.7. The fraction of sp³-hybridized carbons (Fsp3) is 0.471. The third kappa shape index (κ3) is 3.86. The van der Waals surface area contributed by atoms with Crippen LogP contribution in [0.4, 0.5) is 13.2 Å². The van der Waals surface area contributed by atoms with E-state index in [2.05, 4.69) is 15.9 Å². The van der Waals surface area contributed by atoms with Gasteiger partial charge >= 0.3 is 6.36 Å². The maximum atomic E-state index is 12.5. The van der Waals surface area contributed by atoms with Crippen LogP contribution >= 0.6 is 0 Å². The van der Waals surface area contributed by atoms with Crippen LogP contribution in [-0.4, -0.2) is 16.1 Å². The topological polar surface area (TPSA) is 27.1 Å². The predicted octanol–water partition coefficient (Wildman–Crippen LogP) is 4.22. The van der Waals surface area contributed by atoms with Crippen molar-refractivity contribution in [3.05, 3.63) is 47.3 Å². The summed E-state index contributed by atoms with van der Waals surface area (Å²) in [4.78, 5) is 0. The van der Waals surface area contributed by atoms with Gasteiger partial charge in [-0.25, -0.2) is 0 Å². The molecule has 1 aliphatic rings. The second-order valence-corrected chi connectivity index (χ2v) is 6.34. The molecule has 0 atom stereocenters. The van der Waals surface area contributed by atoms with Crippen LogP contribution in [-0.2, 0) is 13.0 Å². The fourth-order valence-corrected chi connectivity index (χ4v) is 2.94. The van der Waals surface area contributed by atoms with E-state index in [0.29, 0.717) is 12.0 Å². The van der Waals surface area contributed by atoms with Crippen molar-refractivity contribution in [2.24, 2.45) is 5.41 Å². The Morgan fingerprint density at radius 2 is 2.09 bits per heavy atom. The molecule has 1 heterocycles. The Morgan fingerprint density at radius 3 is 2.65 bits per heavy atom. The molecule has 1 fully saturated rings. The molecule has 3 rings (SSSR count). The minimum Gasteiger partial charge on any atom is -0.405 e. The van der Waals surface area contributed by atoms with Gasteiger partial charge in [-0.05, 0) is 62.3 Å². The number of hydrogen-bond donors (Lipinski definition) is 0. The highest BCUT2D eigenvalue weighted by atomic mass is 19.4. The summed E-state index contributed by atoms with van der Waals surface area (Å²) < 4.78 is 43.6. The van der Waals surface area contributed by atoms with Crippen LogP contribution < -0.4 is 4.74 Å². The molecule has 0 aliphatic heterocycles. The Hall–Kier alpha value is -1.98. The van der Waals surface area contributed by atoms with Gasteiger partial charge in [-0.3, -0.25) is 4.68 Å². The van der Waals surface area contributed by atoms with Crippen molar-refractivity contribution in [3.8, 4) is 5.75 Å². The van der Waals surface area contributed by atoms with E-state index in [9.17, 15) is 13.2 Å². The molecule has 2 aromatic rings. The molecule has 0 amide bonds. The first-order chi connectivity index (χ1) is 10.8. The van der Waals surface area contributed by atoms with E-state index in [4.69, 9.17) is 0 Å². The Bertz CT molecular complexity index is 702. The van der Waals surface area contributed by atoms with Gasteiger partial charge in [0, 0.05) is 12.2 Å². The molecular weight excluding hydrogens is 305 g/mol. The molecule has 3 nitrogen and oxygen atoms in total. The van der Waals surface area contributed by atoms with Crippen LogP contribution in [0.25, 0.3) is 0 Å². The summed E-state index contributed by atoms with van der Waals surface area (Å²) in [6.07, 6.45) is -2.17. The number of benzene rings is 1. The number of ether oxygens (including phenoxy) is 1.